The molecule has 4 heterocycles. The second kappa shape index (κ2) is 6.75. The van der Waals surface area contributed by atoms with E-state index in [9.17, 15) is 14.3 Å². The fourth-order valence-electron chi connectivity index (χ4n) is 5.68. The zero-order valence-electron chi connectivity index (χ0n) is 16.4. The molecule has 3 aliphatic rings. The number of hydrogen-bond acceptors (Lipinski definition) is 4. The van der Waals surface area contributed by atoms with Crippen molar-refractivity contribution in [3.8, 4) is 11.4 Å². The molecule has 7 nitrogen and oxygen atoms in total. The SMILES string of the molecule is O=C(O)C1C2CCC(CC2)C1n1cc(F)c2cnc(-c3c[nH]c4ncc(Cl)cc34)nc21. The number of aromatic nitrogens is 5. The number of halogens is 2. The summed E-state index contributed by atoms with van der Waals surface area (Å²) in [6.45, 7) is 0. The normalized spacial score (nSPS) is 25.5. The van der Waals surface area contributed by atoms with Crippen LogP contribution in [0.3, 0.4) is 0 Å². The van der Waals surface area contributed by atoms with Crippen LogP contribution in [0.4, 0.5) is 4.39 Å². The van der Waals surface area contributed by atoms with Gasteiger partial charge in [-0.2, -0.15) is 0 Å². The summed E-state index contributed by atoms with van der Waals surface area (Å²) in [6.07, 6.45) is 9.94. The van der Waals surface area contributed by atoms with Crippen LogP contribution in [0, 0.1) is 23.6 Å². The molecule has 3 aliphatic carbocycles. The molecular weight excluding hydrogens is 421 g/mol. The minimum atomic E-state index is -0.812. The number of aromatic amines is 1. The van der Waals surface area contributed by atoms with Gasteiger partial charge in [0.25, 0.3) is 0 Å². The molecule has 3 saturated carbocycles. The topological polar surface area (TPSA) is 96.7 Å². The van der Waals surface area contributed by atoms with Crippen LogP contribution in [0.2, 0.25) is 5.02 Å². The summed E-state index contributed by atoms with van der Waals surface area (Å²) >= 11 is 6.12. The molecule has 0 radical (unpaired) electrons. The van der Waals surface area contributed by atoms with Gasteiger partial charge in [-0.1, -0.05) is 11.6 Å². The Morgan fingerprint density at radius 2 is 1.94 bits per heavy atom. The van der Waals surface area contributed by atoms with E-state index in [-0.39, 0.29) is 17.9 Å². The lowest BCUT2D eigenvalue weighted by atomic mass is 9.61. The minimum absolute atomic E-state index is 0.121. The van der Waals surface area contributed by atoms with Gasteiger partial charge in [0.05, 0.1) is 22.4 Å². The van der Waals surface area contributed by atoms with E-state index in [2.05, 4.69) is 15.0 Å². The van der Waals surface area contributed by atoms with E-state index >= 15 is 0 Å². The number of aliphatic carboxylic acids is 1. The smallest absolute Gasteiger partial charge is 0.308 e. The predicted molar refractivity (Wildman–Crippen MR) is 113 cm³/mol. The molecule has 2 bridgehead atoms. The maximum atomic E-state index is 14.8. The number of nitrogens with zero attached hydrogens (tertiary/aromatic N) is 4. The molecule has 2 atom stereocenters. The van der Waals surface area contributed by atoms with Crippen molar-refractivity contribution < 1.29 is 14.3 Å². The van der Waals surface area contributed by atoms with Crippen molar-refractivity contribution in [3.63, 3.8) is 0 Å². The number of rotatable bonds is 3. The number of carboxylic acids is 1. The number of carboxylic acid groups (broad SMARTS) is 1. The number of pyridine rings is 1. The first-order valence-corrected chi connectivity index (χ1v) is 10.8. The average molecular weight is 440 g/mol. The lowest BCUT2D eigenvalue weighted by molar-refractivity contribution is -0.151. The number of fused-ring (bicyclic) bond motifs is 5. The molecule has 2 N–H and O–H groups in total. The molecule has 158 valence electrons. The first kappa shape index (κ1) is 18.7. The Hall–Kier alpha value is -3.00. The van der Waals surface area contributed by atoms with Crippen LogP contribution in [0.5, 0.6) is 0 Å². The molecule has 31 heavy (non-hydrogen) atoms. The average Bonchev–Trinajstić information content (AvgIpc) is 3.34. The van der Waals surface area contributed by atoms with E-state index in [1.54, 1.807) is 23.0 Å². The van der Waals surface area contributed by atoms with Crippen molar-refractivity contribution in [3.05, 3.63) is 41.7 Å². The van der Waals surface area contributed by atoms with E-state index in [1.165, 1.54) is 12.4 Å². The molecule has 9 heteroatoms. The van der Waals surface area contributed by atoms with E-state index in [0.29, 0.717) is 33.1 Å². The molecule has 0 spiro atoms. The third-order valence-electron chi connectivity index (χ3n) is 7.04. The summed E-state index contributed by atoms with van der Waals surface area (Å²) in [6, 6.07) is 1.47. The zero-order chi connectivity index (χ0) is 21.3. The molecule has 0 saturated heterocycles. The number of hydrogen-bond donors (Lipinski definition) is 2. The van der Waals surface area contributed by atoms with Crippen molar-refractivity contribution in [2.75, 3.05) is 0 Å². The molecule has 0 aliphatic heterocycles. The summed E-state index contributed by atoms with van der Waals surface area (Å²) < 4.78 is 16.6. The largest absolute Gasteiger partial charge is 0.481 e. The Morgan fingerprint density at radius 3 is 2.71 bits per heavy atom. The highest BCUT2D eigenvalue weighted by atomic mass is 35.5. The van der Waals surface area contributed by atoms with Gasteiger partial charge in [0.2, 0.25) is 0 Å². The molecule has 2 unspecified atom stereocenters. The summed E-state index contributed by atoms with van der Waals surface area (Å²) in [7, 11) is 0. The molecule has 0 aromatic carbocycles. The van der Waals surface area contributed by atoms with Crippen molar-refractivity contribution >= 4 is 39.6 Å². The maximum Gasteiger partial charge on any atom is 0.308 e. The standard InChI is InChI=1S/C22H19ClFN5O2/c23-12-5-13-14(7-26-19(13)25-6-12)20-27-8-15-16(24)9-29(21(15)28-20)18-11-3-1-10(2-4-11)17(18)22(30)31/h5-11,17-18H,1-4H2,(H,25,26)(H,30,31). The van der Waals surface area contributed by atoms with E-state index in [1.807, 2.05) is 0 Å². The zero-order valence-corrected chi connectivity index (χ0v) is 17.2. The first-order chi connectivity index (χ1) is 15.0. The quantitative estimate of drug-likeness (QED) is 0.476. The summed E-state index contributed by atoms with van der Waals surface area (Å²) in [5, 5.41) is 11.5. The van der Waals surface area contributed by atoms with Gasteiger partial charge in [-0.25, -0.2) is 19.3 Å². The highest BCUT2D eigenvalue weighted by Crippen LogP contribution is 2.52. The van der Waals surface area contributed by atoms with Crippen LogP contribution < -0.4 is 0 Å². The van der Waals surface area contributed by atoms with Crippen molar-refractivity contribution in [2.45, 2.75) is 31.7 Å². The lowest BCUT2D eigenvalue weighted by Crippen LogP contribution is -2.44. The van der Waals surface area contributed by atoms with Crippen LogP contribution in [0.1, 0.15) is 31.7 Å². The molecular formula is C22H19ClFN5O2. The predicted octanol–water partition coefficient (Wildman–Crippen LogP) is 4.83. The third-order valence-corrected chi connectivity index (χ3v) is 7.25. The van der Waals surface area contributed by atoms with Crippen LogP contribution >= 0.6 is 11.6 Å². The second-order valence-electron chi connectivity index (χ2n) is 8.60. The van der Waals surface area contributed by atoms with Gasteiger partial charge < -0.3 is 14.7 Å². The number of H-pyrrole nitrogens is 1. The minimum Gasteiger partial charge on any atom is -0.481 e. The fourth-order valence-corrected chi connectivity index (χ4v) is 5.83. The van der Waals surface area contributed by atoms with Crippen LogP contribution in [-0.4, -0.2) is 35.6 Å². The molecule has 0 amide bonds. The van der Waals surface area contributed by atoms with Gasteiger partial charge in [0.15, 0.2) is 11.6 Å². The summed E-state index contributed by atoms with van der Waals surface area (Å²) in [5.74, 6) is -1.04. The lowest BCUT2D eigenvalue weighted by Gasteiger charge is -2.47. The summed E-state index contributed by atoms with van der Waals surface area (Å²) in [4.78, 5) is 28.6. The van der Waals surface area contributed by atoms with Gasteiger partial charge in [-0.3, -0.25) is 4.79 Å². The van der Waals surface area contributed by atoms with Crippen molar-refractivity contribution in [2.24, 2.45) is 17.8 Å². The van der Waals surface area contributed by atoms with Crippen molar-refractivity contribution in [1.29, 1.82) is 0 Å². The Balaban J connectivity index is 1.53. The number of nitrogens with one attached hydrogen (secondary N) is 1. The van der Waals surface area contributed by atoms with Gasteiger partial charge in [-0.05, 0) is 43.6 Å². The molecule has 4 aromatic rings. The Labute approximate surface area is 181 Å². The third kappa shape index (κ3) is 2.77. The van der Waals surface area contributed by atoms with Gasteiger partial charge in [0, 0.05) is 35.7 Å². The maximum absolute atomic E-state index is 14.8. The van der Waals surface area contributed by atoms with Crippen LogP contribution in [0.25, 0.3) is 33.5 Å². The Bertz CT molecular complexity index is 1340. The monoisotopic (exact) mass is 439 g/mol. The van der Waals surface area contributed by atoms with Gasteiger partial charge in [-0.15, -0.1) is 0 Å². The fraction of sp³-hybridized carbons (Fsp3) is 0.364. The second-order valence-corrected chi connectivity index (χ2v) is 9.03. The Kier molecular flexibility index (Phi) is 4.08. The van der Waals surface area contributed by atoms with E-state index in [0.717, 1.165) is 31.1 Å². The highest BCUT2D eigenvalue weighted by Gasteiger charge is 2.48. The van der Waals surface area contributed by atoms with Crippen LogP contribution in [-0.2, 0) is 4.79 Å². The number of carbonyl (C=O) groups is 1. The van der Waals surface area contributed by atoms with E-state index < -0.39 is 17.7 Å². The van der Waals surface area contributed by atoms with Crippen molar-refractivity contribution in [1.82, 2.24) is 24.5 Å². The van der Waals surface area contributed by atoms with Gasteiger partial charge >= 0.3 is 5.97 Å². The molecule has 7 rings (SSSR count). The van der Waals surface area contributed by atoms with E-state index in [4.69, 9.17) is 16.6 Å². The molecule has 4 aromatic heterocycles. The summed E-state index contributed by atoms with van der Waals surface area (Å²) in [5.41, 5.74) is 1.79. The van der Waals surface area contributed by atoms with Crippen LogP contribution in [0.15, 0.2) is 30.9 Å². The first-order valence-electron chi connectivity index (χ1n) is 10.4. The highest BCUT2D eigenvalue weighted by molar-refractivity contribution is 6.31. The Morgan fingerprint density at radius 1 is 1.16 bits per heavy atom. The van der Waals surface area contributed by atoms with Gasteiger partial charge in [0.1, 0.15) is 11.3 Å². The molecule has 3 fully saturated rings.